The molecule has 0 saturated carbocycles. The number of benzene rings is 2. The van der Waals surface area contributed by atoms with Crippen LogP contribution in [0.2, 0.25) is 0 Å². The van der Waals surface area contributed by atoms with Gasteiger partial charge in [0.15, 0.2) is 17.6 Å². The molecule has 0 bridgehead atoms. The summed E-state index contributed by atoms with van der Waals surface area (Å²) in [5.74, 6) is -1.38. The third-order valence-electron chi connectivity index (χ3n) is 4.61. The quantitative estimate of drug-likeness (QED) is 0.343. The van der Waals surface area contributed by atoms with Gasteiger partial charge in [0.1, 0.15) is 11.3 Å². The largest absolute Gasteiger partial charge is 0.482 e. The van der Waals surface area contributed by atoms with Crippen LogP contribution in [-0.2, 0) is 4.79 Å². The van der Waals surface area contributed by atoms with Crippen LogP contribution in [0.25, 0.3) is 32.6 Å². The van der Waals surface area contributed by atoms with E-state index in [0.717, 1.165) is 11.3 Å². The third kappa shape index (κ3) is 5.54. The molecule has 2 amide bonds. The van der Waals surface area contributed by atoms with E-state index in [1.54, 1.807) is 55.6 Å². The summed E-state index contributed by atoms with van der Waals surface area (Å²) >= 11 is 1.15. The monoisotopic (exact) mass is 473 g/mol. The number of aliphatic carboxylic acids is 1. The number of nitrogens with zero attached hydrogens (tertiary/aromatic N) is 2. The van der Waals surface area contributed by atoms with E-state index in [0.29, 0.717) is 33.8 Å². The molecule has 169 valence electrons. The van der Waals surface area contributed by atoms with Crippen molar-refractivity contribution < 1.29 is 23.8 Å². The number of carboxylic acid groups (broad SMARTS) is 1. The number of urea groups is 1. The van der Waals surface area contributed by atoms with E-state index in [1.807, 2.05) is 6.07 Å². The van der Waals surface area contributed by atoms with Gasteiger partial charge in [-0.15, -0.1) is 0 Å². The van der Waals surface area contributed by atoms with Gasteiger partial charge in [-0.05, 0) is 42.8 Å². The molecule has 0 atom stereocenters. The summed E-state index contributed by atoms with van der Waals surface area (Å²) in [5.41, 5.74) is 2.11. The molecule has 2 aromatic heterocycles. The van der Waals surface area contributed by atoms with Crippen molar-refractivity contribution >= 4 is 57.5 Å². The maximum Gasteiger partial charge on any atom is 0.341 e. The smallest absolute Gasteiger partial charge is 0.341 e. The standard InChI is InChI=1S/C23H19FN4O4S.Li/c1-2-25-22(31)28-23-27-20-19(24)15(13-6-5-7-14(10-13)32-12-18(29)30)11-16(21(20)33-23)17-8-3-4-9-26-17;/h3-11H,2,12H2,1H3,(H,29,30)(H2,25,27,28,31);. The zero-order chi connectivity index (χ0) is 23.4. The van der Waals surface area contributed by atoms with Crippen molar-refractivity contribution in [3.63, 3.8) is 0 Å². The van der Waals surface area contributed by atoms with E-state index in [-0.39, 0.29) is 35.1 Å². The van der Waals surface area contributed by atoms with Crippen molar-refractivity contribution in [3.8, 4) is 28.1 Å². The SMILES string of the molecule is CCNC(=O)Nc1nc2c(F)c(-c3cccc(OCC(=O)O)c3)cc(-c3ccccn3)c2s1.[Li]. The second kappa shape index (κ2) is 11.1. The topological polar surface area (TPSA) is 113 Å². The molecule has 0 aliphatic rings. The summed E-state index contributed by atoms with van der Waals surface area (Å²) in [6.07, 6.45) is 1.64. The van der Waals surface area contributed by atoms with Crippen LogP contribution in [-0.4, -0.2) is 59.1 Å². The molecule has 0 aliphatic heterocycles. The Morgan fingerprint density at radius 2 is 1.97 bits per heavy atom. The molecule has 0 spiro atoms. The number of hydrogen-bond donors (Lipinski definition) is 3. The zero-order valence-electron chi connectivity index (χ0n) is 18.5. The Labute approximate surface area is 210 Å². The van der Waals surface area contributed by atoms with Gasteiger partial charge < -0.3 is 15.2 Å². The van der Waals surface area contributed by atoms with Gasteiger partial charge in [-0.25, -0.2) is 19.0 Å². The molecule has 0 fully saturated rings. The molecule has 34 heavy (non-hydrogen) atoms. The van der Waals surface area contributed by atoms with Gasteiger partial charge >= 0.3 is 12.0 Å². The minimum absolute atomic E-state index is 0. The van der Waals surface area contributed by atoms with E-state index in [4.69, 9.17) is 9.84 Å². The van der Waals surface area contributed by atoms with E-state index in [2.05, 4.69) is 20.6 Å². The fraction of sp³-hybridized carbons (Fsp3) is 0.130. The van der Waals surface area contributed by atoms with Crippen LogP contribution in [0.4, 0.5) is 14.3 Å². The number of carboxylic acids is 1. The van der Waals surface area contributed by atoms with Crippen LogP contribution in [0.3, 0.4) is 0 Å². The van der Waals surface area contributed by atoms with Gasteiger partial charge in [0.05, 0.1) is 10.4 Å². The van der Waals surface area contributed by atoms with Crippen molar-refractivity contribution in [1.29, 1.82) is 0 Å². The van der Waals surface area contributed by atoms with Gasteiger partial charge in [-0.2, -0.15) is 0 Å². The second-order valence-corrected chi connectivity index (χ2v) is 7.89. The number of carbonyl (C=O) groups is 2. The Morgan fingerprint density at radius 3 is 2.68 bits per heavy atom. The van der Waals surface area contributed by atoms with Crippen LogP contribution in [0.5, 0.6) is 5.75 Å². The molecular weight excluding hydrogens is 454 g/mol. The van der Waals surface area contributed by atoms with Crippen LogP contribution >= 0.6 is 11.3 Å². The molecule has 11 heteroatoms. The molecule has 2 aromatic carbocycles. The Hall–Kier alpha value is -3.45. The fourth-order valence-corrected chi connectivity index (χ4v) is 4.21. The molecular formula is C23H19FLiN4O4S. The van der Waals surface area contributed by atoms with Crippen molar-refractivity contribution in [3.05, 3.63) is 60.5 Å². The number of ether oxygens (including phenoxy) is 1. The molecule has 2 heterocycles. The second-order valence-electron chi connectivity index (χ2n) is 6.89. The summed E-state index contributed by atoms with van der Waals surface area (Å²) < 4.78 is 21.4. The first-order valence-corrected chi connectivity index (χ1v) is 10.8. The third-order valence-corrected chi connectivity index (χ3v) is 5.61. The van der Waals surface area contributed by atoms with Gasteiger partial charge in [-0.3, -0.25) is 10.3 Å². The molecule has 8 nitrogen and oxygen atoms in total. The predicted octanol–water partition coefficient (Wildman–Crippen LogP) is 4.39. The summed E-state index contributed by atoms with van der Waals surface area (Å²) in [5, 5.41) is 14.3. The molecule has 0 saturated heterocycles. The van der Waals surface area contributed by atoms with Crippen LogP contribution < -0.4 is 15.4 Å². The summed E-state index contributed by atoms with van der Waals surface area (Å²) in [6, 6.07) is 13.2. The first-order chi connectivity index (χ1) is 16.0. The molecule has 3 N–H and O–H groups in total. The van der Waals surface area contributed by atoms with Crippen molar-refractivity contribution in [2.75, 3.05) is 18.5 Å². The zero-order valence-corrected chi connectivity index (χ0v) is 19.3. The number of rotatable bonds is 7. The van der Waals surface area contributed by atoms with Crippen molar-refractivity contribution in [2.24, 2.45) is 0 Å². The van der Waals surface area contributed by atoms with E-state index in [9.17, 15) is 9.59 Å². The number of halogens is 1. The Morgan fingerprint density at radius 1 is 1.15 bits per heavy atom. The summed E-state index contributed by atoms with van der Waals surface area (Å²) in [7, 11) is 0. The predicted molar refractivity (Wildman–Crippen MR) is 130 cm³/mol. The first kappa shape index (κ1) is 25.2. The summed E-state index contributed by atoms with van der Waals surface area (Å²) in [4.78, 5) is 31.5. The maximum absolute atomic E-state index is 15.7. The number of nitrogens with one attached hydrogen (secondary N) is 2. The Balaban J connectivity index is 0.00000324. The molecule has 4 aromatic rings. The number of hydrogen-bond acceptors (Lipinski definition) is 6. The summed E-state index contributed by atoms with van der Waals surface area (Å²) in [6.45, 7) is 1.72. The minimum atomic E-state index is -1.11. The van der Waals surface area contributed by atoms with Crippen LogP contribution in [0.15, 0.2) is 54.7 Å². The van der Waals surface area contributed by atoms with Crippen molar-refractivity contribution in [2.45, 2.75) is 6.92 Å². The average Bonchev–Trinajstić information content (AvgIpc) is 3.23. The fourth-order valence-electron chi connectivity index (χ4n) is 3.23. The number of aromatic nitrogens is 2. The average molecular weight is 473 g/mol. The number of thiazole rings is 1. The first-order valence-electron chi connectivity index (χ1n) is 10.0. The molecule has 0 unspecified atom stereocenters. The van der Waals surface area contributed by atoms with Crippen LogP contribution in [0.1, 0.15) is 6.92 Å². The number of pyridine rings is 1. The number of amides is 2. The Kier molecular flexibility index (Phi) is 8.23. The normalized spacial score (nSPS) is 10.4. The molecule has 0 aliphatic carbocycles. The molecule has 1 radical (unpaired) electrons. The number of fused-ring (bicyclic) bond motifs is 1. The number of anilines is 1. The van der Waals surface area contributed by atoms with Gasteiger partial charge in [0.2, 0.25) is 0 Å². The van der Waals surface area contributed by atoms with E-state index < -0.39 is 24.4 Å². The van der Waals surface area contributed by atoms with E-state index >= 15 is 4.39 Å². The Bertz CT molecular complexity index is 1330. The van der Waals surface area contributed by atoms with Gasteiger partial charge in [-0.1, -0.05) is 29.5 Å². The minimum Gasteiger partial charge on any atom is -0.482 e. The van der Waals surface area contributed by atoms with Crippen LogP contribution in [0, 0.1) is 5.82 Å². The number of carbonyl (C=O) groups excluding carboxylic acids is 1. The molecule has 4 rings (SSSR count). The maximum atomic E-state index is 15.7. The van der Waals surface area contributed by atoms with Crippen molar-refractivity contribution in [1.82, 2.24) is 15.3 Å². The van der Waals surface area contributed by atoms with Gasteiger partial charge in [0, 0.05) is 42.7 Å². The van der Waals surface area contributed by atoms with E-state index in [1.165, 1.54) is 0 Å². The van der Waals surface area contributed by atoms with Gasteiger partial charge in [0.25, 0.3) is 0 Å².